The van der Waals surface area contributed by atoms with Crippen LogP contribution in [0, 0.1) is 11.8 Å². The van der Waals surface area contributed by atoms with E-state index >= 15 is 0 Å². The number of piperidine rings is 1. The molecule has 3 nitrogen and oxygen atoms in total. The zero-order chi connectivity index (χ0) is 14.2. The molecule has 0 N–H and O–H groups in total. The molecule has 1 aromatic rings. The van der Waals surface area contributed by atoms with Gasteiger partial charge in [0.1, 0.15) is 0 Å². The van der Waals surface area contributed by atoms with Gasteiger partial charge < -0.3 is 4.74 Å². The highest BCUT2D eigenvalue weighted by Crippen LogP contribution is 2.16. The summed E-state index contributed by atoms with van der Waals surface area (Å²) in [5.41, 5.74) is 0.925. The molecule has 0 aliphatic carbocycles. The highest BCUT2D eigenvalue weighted by Gasteiger charge is 2.11. The Morgan fingerprint density at radius 1 is 1.25 bits per heavy atom. The quantitative estimate of drug-likeness (QED) is 0.625. The van der Waals surface area contributed by atoms with Crippen molar-refractivity contribution < 1.29 is 9.53 Å². The number of nitrogens with zero attached hydrogens (tertiary/aromatic N) is 1. The molecule has 106 valence electrons. The van der Waals surface area contributed by atoms with Gasteiger partial charge in [-0.15, -0.1) is 0 Å². The first kappa shape index (κ1) is 14.6. The number of carbonyl (C=O) groups excluding carboxylic acids is 1. The second-order valence-electron chi connectivity index (χ2n) is 5.06. The SMILES string of the molecule is CC(=O)OC(C#CCN1CCCCC1)c1ccccc1. The molecular weight excluding hydrogens is 250 g/mol. The van der Waals surface area contributed by atoms with Crippen molar-refractivity contribution in [1.29, 1.82) is 0 Å². The van der Waals surface area contributed by atoms with E-state index in [0.717, 1.165) is 25.2 Å². The highest BCUT2D eigenvalue weighted by atomic mass is 16.5. The van der Waals surface area contributed by atoms with Gasteiger partial charge in [-0.3, -0.25) is 9.69 Å². The number of benzene rings is 1. The average Bonchev–Trinajstić information content (AvgIpc) is 2.48. The standard InChI is InChI=1S/C17H21NO2/c1-15(19)20-17(16-9-4-2-5-10-16)11-8-14-18-12-6-3-7-13-18/h2,4-5,9-10,17H,3,6-7,12-14H2,1H3. The van der Waals surface area contributed by atoms with Gasteiger partial charge in [0.05, 0.1) is 6.54 Å². The Morgan fingerprint density at radius 3 is 2.60 bits per heavy atom. The van der Waals surface area contributed by atoms with Crippen LogP contribution in [-0.2, 0) is 9.53 Å². The molecule has 0 amide bonds. The first-order chi connectivity index (χ1) is 9.75. The molecule has 0 saturated carbocycles. The van der Waals surface area contributed by atoms with E-state index in [-0.39, 0.29) is 5.97 Å². The van der Waals surface area contributed by atoms with E-state index in [2.05, 4.69) is 16.7 Å². The topological polar surface area (TPSA) is 29.5 Å². The average molecular weight is 271 g/mol. The van der Waals surface area contributed by atoms with Crippen molar-refractivity contribution in [2.24, 2.45) is 0 Å². The summed E-state index contributed by atoms with van der Waals surface area (Å²) in [4.78, 5) is 13.5. The number of esters is 1. The van der Waals surface area contributed by atoms with Gasteiger partial charge in [-0.1, -0.05) is 48.6 Å². The molecule has 1 atom stereocenters. The third kappa shape index (κ3) is 4.71. The summed E-state index contributed by atoms with van der Waals surface area (Å²) in [6.07, 6.45) is 3.38. The Balaban J connectivity index is 1.99. The molecule has 1 saturated heterocycles. The summed E-state index contributed by atoms with van der Waals surface area (Å²) in [5.74, 6) is 5.94. The van der Waals surface area contributed by atoms with E-state index in [1.54, 1.807) is 0 Å². The second kappa shape index (κ2) is 7.72. The van der Waals surface area contributed by atoms with Crippen molar-refractivity contribution in [3.8, 4) is 11.8 Å². The minimum absolute atomic E-state index is 0.300. The van der Waals surface area contributed by atoms with Gasteiger partial charge in [0.15, 0.2) is 6.10 Å². The Labute approximate surface area is 120 Å². The third-order valence-electron chi connectivity index (χ3n) is 3.37. The van der Waals surface area contributed by atoms with Crippen LogP contribution in [-0.4, -0.2) is 30.5 Å². The number of likely N-dealkylation sites (tertiary alicyclic amines) is 1. The first-order valence-corrected chi connectivity index (χ1v) is 7.18. The highest BCUT2D eigenvalue weighted by molar-refractivity contribution is 5.66. The van der Waals surface area contributed by atoms with Crippen molar-refractivity contribution in [1.82, 2.24) is 4.90 Å². The number of ether oxygens (including phenoxy) is 1. The van der Waals surface area contributed by atoms with Crippen molar-refractivity contribution in [3.63, 3.8) is 0 Å². The molecule has 1 unspecified atom stereocenters. The molecule has 0 radical (unpaired) electrons. The molecule has 1 heterocycles. The Morgan fingerprint density at radius 2 is 1.95 bits per heavy atom. The fourth-order valence-electron chi connectivity index (χ4n) is 2.34. The van der Waals surface area contributed by atoms with Gasteiger partial charge >= 0.3 is 5.97 Å². The molecule has 1 aromatic carbocycles. The lowest BCUT2D eigenvalue weighted by Gasteiger charge is -2.24. The smallest absolute Gasteiger partial charge is 0.304 e. The minimum Gasteiger partial charge on any atom is -0.444 e. The van der Waals surface area contributed by atoms with Crippen LogP contribution in [0.1, 0.15) is 37.9 Å². The van der Waals surface area contributed by atoms with Crippen LogP contribution in [0.2, 0.25) is 0 Å². The van der Waals surface area contributed by atoms with Gasteiger partial charge in [0.2, 0.25) is 0 Å². The molecule has 1 aliphatic heterocycles. The lowest BCUT2D eigenvalue weighted by molar-refractivity contribution is -0.144. The third-order valence-corrected chi connectivity index (χ3v) is 3.37. The molecule has 1 fully saturated rings. The molecule has 1 aliphatic rings. The normalized spacial score (nSPS) is 16.9. The zero-order valence-electron chi connectivity index (χ0n) is 12.0. The predicted molar refractivity (Wildman–Crippen MR) is 79.0 cm³/mol. The zero-order valence-corrected chi connectivity index (χ0v) is 12.0. The van der Waals surface area contributed by atoms with E-state index in [1.807, 2.05) is 30.3 Å². The van der Waals surface area contributed by atoms with E-state index in [9.17, 15) is 4.79 Å². The minimum atomic E-state index is -0.460. The molecule has 0 bridgehead atoms. The maximum Gasteiger partial charge on any atom is 0.304 e. The van der Waals surface area contributed by atoms with Crippen LogP contribution >= 0.6 is 0 Å². The molecular formula is C17H21NO2. The largest absolute Gasteiger partial charge is 0.444 e. The summed E-state index contributed by atoms with van der Waals surface area (Å²) >= 11 is 0. The van der Waals surface area contributed by atoms with Crippen LogP contribution < -0.4 is 0 Å². The Bertz CT molecular complexity index is 481. The van der Waals surface area contributed by atoms with Crippen LogP contribution in [0.3, 0.4) is 0 Å². The van der Waals surface area contributed by atoms with Gasteiger partial charge in [-0.2, -0.15) is 0 Å². The number of rotatable bonds is 3. The summed E-state index contributed by atoms with van der Waals surface area (Å²) in [5, 5.41) is 0. The fourth-order valence-corrected chi connectivity index (χ4v) is 2.34. The summed E-state index contributed by atoms with van der Waals surface area (Å²) in [6.45, 7) is 4.42. The number of hydrogen-bond donors (Lipinski definition) is 0. The fraction of sp³-hybridized carbons (Fsp3) is 0.471. The first-order valence-electron chi connectivity index (χ1n) is 7.18. The monoisotopic (exact) mass is 271 g/mol. The maximum atomic E-state index is 11.2. The van der Waals surface area contributed by atoms with Crippen LogP contribution in [0.25, 0.3) is 0 Å². The number of carbonyl (C=O) groups is 1. The molecule has 2 rings (SSSR count). The van der Waals surface area contributed by atoms with Crippen LogP contribution in [0.15, 0.2) is 30.3 Å². The van der Waals surface area contributed by atoms with Gasteiger partial charge in [-0.05, 0) is 25.9 Å². The lowest BCUT2D eigenvalue weighted by atomic mass is 10.1. The van der Waals surface area contributed by atoms with Crippen LogP contribution in [0.5, 0.6) is 0 Å². The lowest BCUT2D eigenvalue weighted by Crippen LogP contribution is -2.29. The van der Waals surface area contributed by atoms with Gasteiger partial charge in [0.25, 0.3) is 0 Å². The molecule has 20 heavy (non-hydrogen) atoms. The molecule has 3 heteroatoms. The number of hydrogen-bond acceptors (Lipinski definition) is 3. The van der Waals surface area contributed by atoms with Gasteiger partial charge in [-0.25, -0.2) is 0 Å². The summed E-state index contributed by atoms with van der Waals surface area (Å²) in [6, 6.07) is 9.66. The van der Waals surface area contributed by atoms with E-state index < -0.39 is 6.10 Å². The summed E-state index contributed by atoms with van der Waals surface area (Å²) in [7, 11) is 0. The summed E-state index contributed by atoms with van der Waals surface area (Å²) < 4.78 is 5.29. The van der Waals surface area contributed by atoms with Crippen molar-refractivity contribution in [2.75, 3.05) is 19.6 Å². The van der Waals surface area contributed by atoms with Crippen molar-refractivity contribution >= 4 is 5.97 Å². The second-order valence-corrected chi connectivity index (χ2v) is 5.06. The Hall–Kier alpha value is -1.79. The predicted octanol–water partition coefficient (Wildman–Crippen LogP) is 2.78. The Kier molecular flexibility index (Phi) is 5.64. The van der Waals surface area contributed by atoms with Crippen LogP contribution in [0.4, 0.5) is 0 Å². The van der Waals surface area contributed by atoms with Crippen molar-refractivity contribution in [3.05, 3.63) is 35.9 Å². The molecule has 0 spiro atoms. The van der Waals surface area contributed by atoms with Crippen molar-refractivity contribution in [2.45, 2.75) is 32.3 Å². The van der Waals surface area contributed by atoms with Gasteiger partial charge in [0, 0.05) is 12.5 Å². The van der Waals surface area contributed by atoms with E-state index in [4.69, 9.17) is 4.74 Å². The van der Waals surface area contributed by atoms with E-state index in [1.165, 1.54) is 26.2 Å². The maximum absolute atomic E-state index is 11.2. The molecule has 0 aromatic heterocycles. The van der Waals surface area contributed by atoms with E-state index in [0.29, 0.717) is 0 Å².